The van der Waals surface area contributed by atoms with E-state index in [0.29, 0.717) is 18.2 Å². The van der Waals surface area contributed by atoms with Crippen LogP contribution in [0.1, 0.15) is 20.8 Å². The van der Waals surface area contributed by atoms with Gasteiger partial charge in [0.1, 0.15) is 18.1 Å². The molecule has 0 unspecified atom stereocenters. The number of carbonyl (C=O) groups is 1. The number of rotatable bonds is 7. The van der Waals surface area contributed by atoms with Gasteiger partial charge in [-0.15, -0.1) is 13.2 Å². The number of para-hydroxylation sites is 1. The average molecular weight is 579 g/mol. The van der Waals surface area contributed by atoms with Crippen molar-refractivity contribution in [2.75, 3.05) is 6.61 Å². The molecule has 41 heavy (non-hydrogen) atoms. The summed E-state index contributed by atoms with van der Waals surface area (Å²) in [6.45, 7) is 3.88. The highest BCUT2D eigenvalue weighted by atomic mass is 19.4. The van der Waals surface area contributed by atoms with Crippen LogP contribution in [0.2, 0.25) is 0 Å². The number of ether oxygens (including phenoxy) is 2. The molecule has 0 bridgehead atoms. The van der Waals surface area contributed by atoms with Gasteiger partial charge in [-0.2, -0.15) is 13.9 Å². The number of alkyl halides is 5. The predicted octanol–water partition coefficient (Wildman–Crippen LogP) is 5.75. The molecule has 0 aliphatic rings. The van der Waals surface area contributed by atoms with Gasteiger partial charge in [0, 0.05) is 31.6 Å². The molecule has 0 saturated heterocycles. The number of halogens is 5. The van der Waals surface area contributed by atoms with E-state index in [0.717, 1.165) is 16.6 Å². The fraction of sp³-hybridized carbons (Fsp3) is 0.250. The van der Waals surface area contributed by atoms with Crippen molar-refractivity contribution in [3.05, 3.63) is 94.7 Å². The molecule has 1 N–H and O–H groups in total. The first-order chi connectivity index (χ1) is 19.1. The van der Waals surface area contributed by atoms with E-state index in [1.54, 1.807) is 62.2 Å². The highest BCUT2D eigenvalue weighted by Crippen LogP contribution is 2.24. The highest BCUT2D eigenvalue weighted by Gasteiger charge is 2.33. The van der Waals surface area contributed by atoms with Crippen LogP contribution in [0.3, 0.4) is 0 Å². The largest absolute Gasteiger partial charge is 0.573 e. The first-order valence-corrected chi connectivity index (χ1v) is 12.1. The third-order valence-corrected chi connectivity index (χ3v) is 5.48. The van der Waals surface area contributed by atoms with Gasteiger partial charge in [0.2, 0.25) is 5.56 Å². The Bertz CT molecular complexity index is 1590. The molecule has 2 aromatic carbocycles. The lowest BCUT2D eigenvalue weighted by Gasteiger charge is -2.16. The minimum atomic E-state index is -4.60. The second-order valence-corrected chi connectivity index (χ2v) is 9.08. The zero-order valence-electron chi connectivity index (χ0n) is 22.5. The van der Waals surface area contributed by atoms with Gasteiger partial charge >= 0.3 is 12.3 Å². The molecule has 13 heteroatoms. The molecular formula is C28H27F5N4O4. The van der Waals surface area contributed by atoms with Crippen molar-refractivity contribution in [2.24, 2.45) is 7.05 Å². The lowest BCUT2D eigenvalue weighted by Crippen LogP contribution is -2.38. The Morgan fingerprint density at radius 2 is 1.66 bits per heavy atom. The summed E-state index contributed by atoms with van der Waals surface area (Å²) in [5.41, 5.74) is 2.37. The predicted molar refractivity (Wildman–Crippen MR) is 142 cm³/mol. The summed E-state index contributed by atoms with van der Waals surface area (Å²) in [4.78, 5) is 23.2. The summed E-state index contributed by atoms with van der Waals surface area (Å²) in [6, 6.07) is 15.5. The molecule has 0 aliphatic carbocycles. The number of nitrogens with zero attached hydrogens (tertiary/aromatic N) is 3. The lowest BCUT2D eigenvalue weighted by atomic mass is 10.2. The molecule has 0 saturated carbocycles. The van der Waals surface area contributed by atoms with Crippen LogP contribution < -0.4 is 20.3 Å². The summed E-state index contributed by atoms with van der Waals surface area (Å²) in [5.74, 6) is -4.55. The van der Waals surface area contributed by atoms with Gasteiger partial charge in [-0.1, -0.05) is 23.8 Å². The Balaban J connectivity index is 0.000000352. The summed E-state index contributed by atoms with van der Waals surface area (Å²) < 4.78 is 73.4. The van der Waals surface area contributed by atoms with Crippen LogP contribution in [0, 0.1) is 0 Å². The maximum absolute atomic E-state index is 13.2. The molecular weight excluding hydrogens is 551 g/mol. The van der Waals surface area contributed by atoms with Gasteiger partial charge in [0.25, 0.3) is 5.91 Å². The monoisotopic (exact) mass is 578 g/mol. The van der Waals surface area contributed by atoms with E-state index >= 15 is 0 Å². The number of aryl methyl sites for hydroxylation is 1. The molecule has 0 spiro atoms. The van der Waals surface area contributed by atoms with E-state index in [2.05, 4.69) is 15.2 Å². The van der Waals surface area contributed by atoms with Crippen LogP contribution >= 0.6 is 0 Å². The number of benzene rings is 2. The Morgan fingerprint density at radius 1 is 0.976 bits per heavy atom. The van der Waals surface area contributed by atoms with Crippen LogP contribution in [-0.2, 0) is 11.8 Å². The van der Waals surface area contributed by atoms with Crippen molar-refractivity contribution >= 4 is 16.8 Å². The minimum absolute atomic E-state index is 0.0649. The normalized spacial score (nSPS) is 11.3. The SMILES string of the molecule is CC(C)=C(COc1ccc2c(cnn2-c2ccc(=O)n(C)c2)c1)NC(=O)C(C)(F)F.FC(F)(F)Oc1ccccc1. The third kappa shape index (κ3) is 8.92. The second kappa shape index (κ2) is 12.7. The van der Waals surface area contributed by atoms with Gasteiger partial charge in [0.15, 0.2) is 0 Å². The summed E-state index contributed by atoms with van der Waals surface area (Å²) in [5, 5.41) is 7.38. The van der Waals surface area contributed by atoms with Crippen molar-refractivity contribution < 1.29 is 36.2 Å². The third-order valence-electron chi connectivity index (χ3n) is 5.48. The lowest BCUT2D eigenvalue weighted by molar-refractivity contribution is -0.274. The van der Waals surface area contributed by atoms with E-state index < -0.39 is 18.2 Å². The van der Waals surface area contributed by atoms with Gasteiger partial charge < -0.3 is 19.4 Å². The zero-order chi connectivity index (χ0) is 30.4. The van der Waals surface area contributed by atoms with Crippen LogP contribution in [0.5, 0.6) is 11.5 Å². The number of nitrogens with one attached hydrogen (secondary N) is 1. The smallest absolute Gasteiger partial charge is 0.487 e. The molecule has 2 aromatic heterocycles. The molecule has 218 valence electrons. The number of hydrogen-bond donors (Lipinski definition) is 1. The van der Waals surface area contributed by atoms with Crippen molar-refractivity contribution in [1.82, 2.24) is 19.7 Å². The number of carbonyl (C=O) groups excluding carboxylic acids is 1. The van der Waals surface area contributed by atoms with E-state index in [9.17, 15) is 31.5 Å². The summed E-state index contributed by atoms with van der Waals surface area (Å²) in [6.07, 6.45) is -1.25. The Hall–Kier alpha value is -4.68. The van der Waals surface area contributed by atoms with Crippen LogP contribution in [0.4, 0.5) is 22.0 Å². The summed E-state index contributed by atoms with van der Waals surface area (Å²) in [7, 11) is 1.66. The van der Waals surface area contributed by atoms with E-state index in [1.165, 1.54) is 34.9 Å². The topological polar surface area (TPSA) is 87.4 Å². The molecule has 0 fully saturated rings. The van der Waals surface area contributed by atoms with Crippen LogP contribution in [-0.4, -0.2) is 39.1 Å². The van der Waals surface area contributed by atoms with E-state index in [1.807, 2.05) is 6.07 Å². The van der Waals surface area contributed by atoms with Crippen molar-refractivity contribution in [2.45, 2.75) is 33.1 Å². The number of pyridine rings is 1. The quantitative estimate of drug-likeness (QED) is 0.282. The van der Waals surface area contributed by atoms with Crippen molar-refractivity contribution in [1.29, 1.82) is 0 Å². The Morgan fingerprint density at radius 3 is 2.24 bits per heavy atom. The maximum atomic E-state index is 13.2. The van der Waals surface area contributed by atoms with E-state index in [4.69, 9.17) is 4.74 Å². The van der Waals surface area contributed by atoms with Gasteiger partial charge in [-0.3, -0.25) is 9.59 Å². The van der Waals surface area contributed by atoms with Crippen molar-refractivity contribution in [3.8, 4) is 17.2 Å². The highest BCUT2D eigenvalue weighted by molar-refractivity contribution is 5.84. The van der Waals surface area contributed by atoms with Crippen LogP contribution in [0.15, 0.2) is 89.1 Å². The molecule has 4 rings (SSSR count). The van der Waals surface area contributed by atoms with Gasteiger partial charge in [0.05, 0.1) is 23.1 Å². The maximum Gasteiger partial charge on any atom is 0.573 e. The number of fused-ring (bicyclic) bond motifs is 1. The fourth-order valence-corrected chi connectivity index (χ4v) is 3.34. The minimum Gasteiger partial charge on any atom is -0.487 e. The van der Waals surface area contributed by atoms with Crippen molar-refractivity contribution in [3.63, 3.8) is 0 Å². The number of amides is 1. The molecule has 1 amide bonds. The standard InChI is InChI=1S/C21H22F2N4O3.C7H5F3O/c1-13(2)17(25-20(29)21(3,22)23)12-30-16-6-7-18-14(9-16)10-24-27(18)15-5-8-19(28)26(4)11-15;8-7(9,10)11-6-4-2-1-3-5-6/h5-11H,12H2,1-4H3,(H,25,29);1-5H. The Labute approximate surface area is 231 Å². The zero-order valence-corrected chi connectivity index (χ0v) is 22.5. The number of hydrogen-bond acceptors (Lipinski definition) is 5. The molecule has 8 nitrogen and oxygen atoms in total. The van der Waals surface area contributed by atoms with Gasteiger partial charge in [-0.25, -0.2) is 4.68 Å². The Kier molecular flexibility index (Phi) is 9.53. The van der Waals surface area contributed by atoms with E-state index in [-0.39, 0.29) is 23.6 Å². The summed E-state index contributed by atoms with van der Waals surface area (Å²) >= 11 is 0. The molecule has 0 aliphatic heterocycles. The number of allylic oxidation sites excluding steroid dienone is 1. The fourth-order valence-electron chi connectivity index (χ4n) is 3.34. The molecule has 0 radical (unpaired) electrons. The first kappa shape index (κ1) is 30.9. The number of aromatic nitrogens is 3. The first-order valence-electron chi connectivity index (χ1n) is 12.1. The van der Waals surface area contributed by atoms with Crippen LogP contribution in [0.25, 0.3) is 16.6 Å². The average Bonchev–Trinajstić information content (AvgIpc) is 3.30. The molecule has 0 atom stereocenters. The van der Waals surface area contributed by atoms with Gasteiger partial charge in [-0.05, 0) is 50.2 Å². The molecule has 2 heterocycles. The second-order valence-electron chi connectivity index (χ2n) is 9.08. The molecule has 4 aromatic rings.